The molecule has 26 heavy (non-hydrogen) atoms. The molecule has 0 atom stereocenters. The van der Waals surface area contributed by atoms with Gasteiger partial charge in [0.05, 0.1) is 31.2 Å². The summed E-state index contributed by atoms with van der Waals surface area (Å²) in [6.45, 7) is 4.04. The summed E-state index contributed by atoms with van der Waals surface area (Å²) in [5, 5.41) is 2.94. The zero-order valence-corrected chi connectivity index (χ0v) is 15.4. The number of rotatable bonds is 5. The SMILES string of the molecule is COc1ccc(OC)c(NC(=O)c2ccccc2-n2c(C)ccc2C)c1. The van der Waals surface area contributed by atoms with Crippen molar-refractivity contribution < 1.29 is 14.3 Å². The number of anilines is 1. The van der Waals surface area contributed by atoms with Gasteiger partial charge in [0, 0.05) is 17.5 Å². The first-order valence-electron chi connectivity index (χ1n) is 8.33. The van der Waals surface area contributed by atoms with Crippen LogP contribution in [-0.4, -0.2) is 24.7 Å². The van der Waals surface area contributed by atoms with Crippen LogP contribution in [0.1, 0.15) is 21.7 Å². The first-order chi connectivity index (χ1) is 12.5. The third-order valence-electron chi connectivity index (χ3n) is 4.32. The summed E-state index contributed by atoms with van der Waals surface area (Å²) in [6, 6.07) is 16.9. The highest BCUT2D eigenvalue weighted by Gasteiger charge is 2.16. The normalized spacial score (nSPS) is 10.5. The van der Waals surface area contributed by atoms with Crippen molar-refractivity contribution in [2.45, 2.75) is 13.8 Å². The van der Waals surface area contributed by atoms with Crippen LogP contribution in [0.2, 0.25) is 0 Å². The minimum Gasteiger partial charge on any atom is -0.497 e. The Kier molecular flexibility index (Phi) is 4.98. The fourth-order valence-electron chi connectivity index (χ4n) is 3.01. The highest BCUT2D eigenvalue weighted by atomic mass is 16.5. The Bertz CT molecular complexity index is 925. The molecule has 5 heteroatoms. The number of nitrogens with one attached hydrogen (secondary N) is 1. The van der Waals surface area contributed by atoms with Gasteiger partial charge in [-0.3, -0.25) is 4.79 Å². The minimum absolute atomic E-state index is 0.209. The monoisotopic (exact) mass is 350 g/mol. The summed E-state index contributed by atoms with van der Waals surface area (Å²) in [5.74, 6) is 1.01. The second-order valence-corrected chi connectivity index (χ2v) is 5.99. The Balaban J connectivity index is 2.00. The number of para-hydroxylation sites is 1. The van der Waals surface area contributed by atoms with Gasteiger partial charge in [0.2, 0.25) is 0 Å². The number of amides is 1. The number of aromatic nitrogens is 1. The average Bonchev–Trinajstić information content (AvgIpc) is 2.99. The van der Waals surface area contributed by atoms with Crippen LogP contribution in [0.25, 0.3) is 5.69 Å². The predicted octanol–water partition coefficient (Wildman–Crippen LogP) is 4.36. The van der Waals surface area contributed by atoms with Crippen LogP contribution in [0, 0.1) is 13.8 Å². The Morgan fingerprint density at radius 1 is 0.923 bits per heavy atom. The van der Waals surface area contributed by atoms with Crippen molar-refractivity contribution in [2.75, 3.05) is 19.5 Å². The van der Waals surface area contributed by atoms with E-state index in [1.54, 1.807) is 32.4 Å². The molecule has 1 amide bonds. The number of hydrogen-bond acceptors (Lipinski definition) is 3. The van der Waals surface area contributed by atoms with E-state index in [0.29, 0.717) is 22.7 Å². The molecule has 0 fully saturated rings. The molecule has 3 rings (SSSR count). The molecule has 5 nitrogen and oxygen atoms in total. The number of nitrogens with zero attached hydrogens (tertiary/aromatic N) is 1. The molecule has 0 radical (unpaired) electrons. The molecular weight excluding hydrogens is 328 g/mol. The number of carbonyl (C=O) groups excluding carboxylic acids is 1. The molecule has 0 unspecified atom stereocenters. The van der Waals surface area contributed by atoms with Gasteiger partial charge in [-0.25, -0.2) is 0 Å². The van der Waals surface area contributed by atoms with Gasteiger partial charge in [-0.1, -0.05) is 12.1 Å². The summed E-state index contributed by atoms with van der Waals surface area (Å²) in [5.41, 5.74) is 4.13. The predicted molar refractivity (Wildman–Crippen MR) is 103 cm³/mol. The maximum absolute atomic E-state index is 13.0. The second-order valence-electron chi connectivity index (χ2n) is 5.99. The number of hydrogen-bond donors (Lipinski definition) is 1. The Morgan fingerprint density at radius 2 is 1.62 bits per heavy atom. The average molecular weight is 350 g/mol. The fraction of sp³-hybridized carbons (Fsp3) is 0.190. The Labute approximate surface area is 153 Å². The van der Waals surface area contributed by atoms with Gasteiger partial charge in [0.1, 0.15) is 11.5 Å². The van der Waals surface area contributed by atoms with E-state index in [-0.39, 0.29) is 5.91 Å². The molecule has 0 aliphatic carbocycles. The van der Waals surface area contributed by atoms with E-state index in [0.717, 1.165) is 17.1 Å². The van der Waals surface area contributed by atoms with Gasteiger partial charge in [0.25, 0.3) is 5.91 Å². The van der Waals surface area contributed by atoms with E-state index in [1.165, 1.54) is 0 Å². The molecule has 3 aromatic rings. The molecule has 134 valence electrons. The first kappa shape index (κ1) is 17.6. The van der Waals surface area contributed by atoms with Crippen LogP contribution >= 0.6 is 0 Å². The van der Waals surface area contributed by atoms with Crippen molar-refractivity contribution >= 4 is 11.6 Å². The minimum atomic E-state index is -0.209. The molecule has 1 N–H and O–H groups in total. The van der Waals surface area contributed by atoms with Gasteiger partial charge in [-0.2, -0.15) is 0 Å². The lowest BCUT2D eigenvalue weighted by Gasteiger charge is -2.16. The Morgan fingerprint density at radius 3 is 2.27 bits per heavy atom. The summed E-state index contributed by atoms with van der Waals surface area (Å²) in [4.78, 5) is 13.0. The van der Waals surface area contributed by atoms with Gasteiger partial charge >= 0.3 is 0 Å². The molecule has 0 spiro atoms. The van der Waals surface area contributed by atoms with Crippen LogP contribution < -0.4 is 14.8 Å². The van der Waals surface area contributed by atoms with Gasteiger partial charge < -0.3 is 19.4 Å². The quantitative estimate of drug-likeness (QED) is 0.744. The summed E-state index contributed by atoms with van der Waals surface area (Å²) in [6.07, 6.45) is 0. The van der Waals surface area contributed by atoms with E-state index in [1.807, 2.05) is 50.2 Å². The van der Waals surface area contributed by atoms with E-state index in [9.17, 15) is 4.79 Å². The van der Waals surface area contributed by atoms with E-state index < -0.39 is 0 Å². The van der Waals surface area contributed by atoms with Crippen LogP contribution in [0.4, 0.5) is 5.69 Å². The van der Waals surface area contributed by atoms with Crippen molar-refractivity contribution in [1.29, 1.82) is 0 Å². The highest BCUT2D eigenvalue weighted by Crippen LogP contribution is 2.30. The maximum Gasteiger partial charge on any atom is 0.257 e. The molecule has 1 aromatic heterocycles. The number of carbonyl (C=O) groups is 1. The fourth-order valence-corrected chi connectivity index (χ4v) is 3.01. The molecule has 0 bridgehead atoms. The molecule has 1 heterocycles. The smallest absolute Gasteiger partial charge is 0.257 e. The van der Waals surface area contributed by atoms with Crippen molar-refractivity contribution in [1.82, 2.24) is 4.57 Å². The number of benzene rings is 2. The number of methoxy groups -OCH3 is 2. The number of ether oxygens (including phenoxy) is 2. The van der Waals surface area contributed by atoms with Crippen molar-refractivity contribution in [2.24, 2.45) is 0 Å². The van der Waals surface area contributed by atoms with Crippen molar-refractivity contribution in [3.63, 3.8) is 0 Å². The summed E-state index contributed by atoms with van der Waals surface area (Å²) >= 11 is 0. The molecule has 0 saturated heterocycles. The lowest BCUT2D eigenvalue weighted by Crippen LogP contribution is -2.16. The second kappa shape index (κ2) is 7.35. The highest BCUT2D eigenvalue weighted by molar-refractivity contribution is 6.07. The Hall–Kier alpha value is -3.21. The lowest BCUT2D eigenvalue weighted by atomic mass is 10.1. The topological polar surface area (TPSA) is 52.5 Å². The molecule has 0 aliphatic rings. The zero-order chi connectivity index (χ0) is 18.7. The molecule has 0 aliphatic heterocycles. The third-order valence-corrected chi connectivity index (χ3v) is 4.32. The maximum atomic E-state index is 13.0. The van der Waals surface area contributed by atoms with E-state index in [4.69, 9.17) is 9.47 Å². The van der Waals surface area contributed by atoms with Crippen LogP contribution in [0.5, 0.6) is 11.5 Å². The van der Waals surface area contributed by atoms with Gasteiger partial charge in [0.15, 0.2) is 0 Å². The largest absolute Gasteiger partial charge is 0.497 e. The summed E-state index contributed by atoms with van der Waals surface area (Å²) in [7, 11) is 3.15. The molecule has 2 aromatic carbocycles. The third kappa shape index (κ3) is 3.28. The van der Waals surface area contributed by atoms with Crippen LogP contribution in [-0.2, 0) is 0 Å². The molecular formula is C21H22N2O3. The van der Waals surface area contributed by atoms with Crippen LogP contribution in [0.3, 0.4) is 0 Å². The van der Waals surface area contributed by atoms with Crippen LogP contribution in [0.15, 0.2) is 54.6 Å². The zero-order valence-electron chi connectivity index (χ0n) is 15.4. The molecule has 0 saturated carbocycles. The first-order valence-corrected chi connectivity index (χ1v) is 8.33. The number of aryl methyl sites for hydroxylation is 2. The van der Waals surface area contributed by atoms with Gasteiger partial charge in [-0.15, -0.1) is 0 Å². The lowest BCUT2D eigenvalue weighted by molar-refractivity contribution is 0.102. The van der Waals surface area contributed by atoms with Gasteiger partial charge in [-0.05, 0) is 50.2 Å². The van der Waals surface area contributed by atoms with E-state index >= 15 is 0 Å². The standard InChI is InChI=1S/C21H22N2O3/c1-14-9-10-15(2)23(14)19-8-6-5-7-17(19)21(24)22-18-13-16(25-3)11-12-20(18)26-4/h5-13H,1-4H3,(H,22,24). The summed E-state index contributed by atoms with van der Waals surface area (Å²) < 4.78 is 12.7. The van der Waals surface area contributed by atoms with E-state index in [2.05, 4.69) is 9.88 Å². The van der Waals surface area contributed by atoms with Crippen molar-refractivity contribution in [3.05, 3.63) is 71.5 Å². The van der Waals surface area contributed by atoms with Crippen molar-refractivity contribution in [3.8, 4) is 17.2 Å².